The van der Waals surface area contributed by atoms with E-state index in [4.69, 9.17) is 11.6 Å². The second-order valence-corrected chi connectivity index (χ2v) is 5.67. The van der Waals surface area contributed by atoms with Crippen LogP contribution < -0.4 is 0 Å². The number of hydrogen-bond donors (Lipinski definition) is 0. The first-order valence-corrected chi connectivity index (χ1v) is 7.09. The predicted molar refractivity (Wildman–Crippen MR) is 73.0 cm³/mol. The number of aryl methyl sites for hydroxylation is 1. The van der Waals surface area contributed by atoms with Gasteiger partial charge >= 0.3 is 5.69 Å². The van der Waals surface area contributed by atoms with Crippen LogP contribution in [0.25, 0.3) is 0 Å². The summed E-state index contributed by atoms with van der Waals surface area (Å²) < 4.78 is 13.9. The van der Waals surface area contributed by atoms with Gasteiger partial charge in [-0.3, -0.25) is 10.1 Å². The summed E-state index contributed by atoms with van der Waals surface area (Å²) >= 11 is 6.34. The predicted octanol–water partition coefficient (Wildman–Crippen LogP) is 4.46. The average Bonchev–Trinajstić information content (AvgIpc) is 2.90. The lowest BCUT2D eigenvalue weighted by Gasteiger charge is -2.16. The number of nitrogens with zero attached hydrogens (tertiary/aromatic N) is 1. The topological polar surface area (TPSA) is 43.1 Å². The fourth-order valence-corrected chi connectivity index (χ4v) is 3.11. The van der Waals surface area contributed by atoms with Crippen molar-refractivity contribution in [2.45, 2.75) is 43.9 Å². The standard InChI is InChI=1S/C14H17ClFNO2/c15-12(10-4-1-2-5-10)9-8-11-6-3-7-13(14(11)16)17(18)19/h3,6-7,10,12H,1-2,4-5,8-9H2. The maximum atomic E-state index is 13.9. The Morgan fingerprint density at radius 1 is 1.42 bits per heavy atom. The fraction of sp³-hybridized carbons (Fsp3) is 0.571. The Hall–Kier alpha value is -1.16. The van der Waals surface area contributed by atoms with Gasteiger partial charge < -0.3 is 0 Å². The molecule has 5 heteroatoms. The van der Waals surface area contributed by atoms with E-state index in [0.29, 0.717) is 24.3 Å². The highest BCUT2D eigenvalue weighted by molar-refractivity contribution is 6.20. The molecule has 0 amide bonds. The third kappa shape index (κ3) is 3.44. The van der Waals surface area contributed by atoms with Gasteiger partial charge in [0.2, 0.25) is 5.82 Å². The molecule has 0 bridgehead atoms. The maximum Gasteiger partial charge on any atom is 0.305 e. The van der Waals surface area contributed by atoms with Crippen molar-refractivity contribution in [2.24, 2.45) is 5.92 Å². The Bertz CT molecular complexity index is 461. The van der Waals surface area contributed by atoms with E-state index < -0.39 is 16.4 Å². The van der Waals surface area contributed by atoms with Crippen LogP contribution in [0.4, 0.5) is 10.1 Å². The van der Waals surface area contributed by atoms with E-state index in [1.54, 1.807) is 6.07 Å². The highest BCUT2D eigenvalue weighted by atomic mass is 35.5. The molecule has 0 aromatic heterocycles. The van der Waals surface area contributed by atoms with Gasteiger partial charge in [-0.1, -0.05) is 25.0 Å². The van der Waals surface area contributed by atoms with Crippen LogP contribution in [0.3, 0.4) is 0 Å². The smallest absolute Gasteiger partial charge is 0.258 e. The molecule has 0 radical (unpaired) electrons. The molecule has 0 aliphatic heterocycles. The normalized spacial score (nSPS) is 17.6. The molecule has 1 saturated carbocycles. The Balaban J connectivity index is 1.99. The van der Waals surface area contributed by atoms with Crippen molar-refractivity contribution >= 4 is 17.3 Å². The first-order chi connectivity index (χ1) is 9.09. The molecule has 1 aromatic carbocycles. The van der Waals surface area contributed by atoms with Crippen molar-refractivity contribution in [3.8, 4) is 0 Å². The highest BCUT2D eigenvalue weighted by Gasteiger charge is 2.24. The summed E-state index contributed by atoms with van der Waals surface area (Å²) in [6.07, 6.45) is 5.86. The molecule has 3 nitrogen and oxygen atoms in total. The van der Waals surface area contributed by atoms with E-state index in [2.05, 4.69) is 0 Å². The first-order valence-electron chi connectivity index (χ1n) is 6.65. The first kappa shape index (κ1) is 14.3. The van der Waals surface area contributed by atoms with Crippen molar-refractivity contribution < 1.29 is 9.31 Å². The van der Waals surface area contributed by atoms with Gasteiger partial charge in [0.1, 0.15) is 0 Å². The number of alkyl halides is 1. The van der Waals surface area contributed by atoms with Gasteiger partial charge in [-0.15, -0.1) is 11.6 Å². The van der Waals surface area contributed by atoms with Gasteiger partial charge in [-0.2, -0.15) is 4.39 Å². The van der Waals surface area contributed by atoms with Crippen LogP contribution in [0.2, 0.25) is 0 Å². The zero-order valence-electron chi connectivity index (χ0n) is 10.6. The van der Waals surface area contributed by atoms with Crippen molar-refractivity contribution in [1.29, 1.82) is 0 Å². The molecule has 104 valence electrons. The summed E-state index contributed by atoms with van der Waals surface area (Å²) in [4.78, 5) is 9.97. The van der Waals surface area contributed by atoms with Gasteiger partial charge in [-0.05, 0) is 37.2 Å². The third-order valence-corrected chi connectivity index (χ3v) is 4.43. The molecule has 0 spiro atoms. The van der Waals surface area contributed by atoms with Crippen molar-refractivity contribution in [3.63, 3.8) is 0 Å². The monoisotopic (exact) mass is 285 g/mol. The molecular weight excluding hydrogens is 269 g/mol. The number of benzene rings is 1. The molecule has 0 N–H and O–H groups in total. The summed E-state index contributed by atoms with van der Waals surface area (Å²) in [7, 11) is 0. The van der Waals surface area contributed by atoms with Crippen molar-refractivity contribution in [1.82, 2.24) is 0 Å². The van der Waals surface area contributed by atoms with E-state index in [1.807, 2.05) is 0 Å². The Kier molecular flexibility index (Phi) is 4.75. The number of rotatable bonds is 5. The minimum absolute atomic E-state index is 0.0427. The van der Waals surface area contributed by atoms with Crippen LogP contribution in [0.5, 0.6) is 0 Å². The Morgan fingerprint density at radius 3 is 2.74 bits per heavy atom. The molecule has 1 fully saturated rings. The second kappa shape index (κ2) is 6.33. The molecule has 1 aromatic rings. The lowest BCUT2D eigenvalue weighted by molar-refractivity contribution is -0.387. The van der Waals surface area contributed by atoms with Crippen LogP contribution in [0.15, 0.2) is 18.2 Å². The molecule has 0 heterocycles. The zero-order valence-corrected chi connectivity index (χ0v) is 11.4. The SMILES string of the molecule is O=[N+]([O-])c1cccc(CCC(Cl)C2CCCC2)c1F. The maximum absolute atomic E-state index is 13.9. The molecule has 1 aliphatic carbocycles. The van der Waals surface area contributed by atoms with E-state index in [-0.39, 0.29) is 5.38 Å². The second-order valence-electron chi connectivity index (χ2n) is 5.11. The van der Waals surface area contributed by atoms with E-state index in [1.165, 1.54) is 25.0 Å². The molecule has 0 saturated heterocycles. The van der Waals surface area contributed by atoms with E-state index in [9.17, 15) is 14.5 Å². The van der Waals surface area contributed by atoms with Crippen molar-refractivity contribution in [2.75, 3.05) is 0 Å². The minimum Gasteiger partial charge on any atom is -0.258 e. The largest absolute Gasteiger partial charge is 0.305 e. The van der Waals surface area contributed by atoms with Gasteiger partial charge in [0.25, 0.3) is 0 Å². The molecule has 2 rings (SSSR count). The van der Waals surface area contributed by atoms with E-state index >= 15 is 0 Å². The zero-order chi connectivity index (χ0) is 13.8. The van der Waals surface area contributed by atoms with Gasteiger partial charge in [0.05, 0.1) is 4.92 Å². The number of hydrogen-bond acceptors (Lipinski definition) is 2. The molecule has 1 aliphatic rings. The van der Waals surface area contributed by atoms with Crippen LogP contribution in [-0.4, -0.2) is 10.3 Å². The van der Waals surface area contributed by atoms with Crippen LogP contribution in [-0.2, 0) is 6.42 Å². The lowest BCUT2D eigenvalue weighted by atomic mass is 9.97. The van der Waals surface area contributed by atoms with Crippen LogP contribution in [0.1, 0.15) is 37.7 Å². The van der Waals surface area contributed by atoms with Gasteiger partial charge in [0.15, 0.2) is 0 Å². The van der Waals surface area contributed by atoms with E-state index in [0.717, 1.165) is 12.8 Å². The van der Waals surface area contributed by atoms with Crippen LogP contribution >= 0.6 is 11.6 Å². The third-order valence-electron chi connectivity index (χ3n) is 3.86. The summed E-state index contributed by atoms with van der Waals surface area (Å²) in [6, 6.07) is 4.31. The molecule has 1 atom stereocenters. The van der Waals surface area contributed by atoms with Crippen molar-refractivity contribution in [3.05, 3.63) is 39.7 Å². The fourth-order valence-electron chi connectivity index (χ4n) is 2.75. The number of nitro benzene ring substituents is 1. The van der Waals surface area contributed by atoms with Gasteiger partial charge in [0, 0.05) is 11.4 Å². The number of halogens is 2. The summed E-state index contributed by atoms with van der Waals surface area (Å²) in [5, 5.41) is 10.7. The summed E-state index contributed by atoms with van der Waals surface area (Å²) in [5.74, 6) is -0.203. The lowest BCUT2D eigenvalue weighted by Crippen LogP contribution is -2.12. The quantitative estimate of drug-likeness (QED) is 0.455. The minimum atomic E-state index is -0.720. The Morgan fingerprint density at radius 2 is 2.11 bits per heavy atom. The summed E-state index contributed by atoms with van der Waals surface area (Å²) in [6.45, 7) is 0. The number of nitro groups is 1. The average molecular weight is 286 g/mol. The molecule has 1 unspecified atom stereocenters. The molecule has 19 heavy (non-hydrogen) atoms. The summed E-state index contributed by atoms with van der Waals surface area (Å²) in [5.41, 5.74) is -0.0673. The Labute approximate surface area is 116 Å². The van der Waals surface area contributed by atoms with Crippen LogP contribution in [0, 0.1) is 21.8 Å². The van der Waals surface area contributed by atoms with Gasteiger partial charge in [-0.25, -0.2) is 0 Å². The molecular formula is C14H17ClFNO2. The highest BCUT2D eigenvalue weighted by Crippen LogP contribution is 2.33.